The van der Waals surface area contributed by atoms with E-state index < -0.39 is 46.6 Å². The van der Waals surface area contributed by atoms with Crippen LogP contribution in [0.1, 0.15) is 24.2 Å². The highest BCUT2D eigenvalue weighted by molar-refractivity contribution is 5.89. The zero-order valence-electron chi connectivity index (χ0n) is 17.1. The molecule has 0 spiro atoms. The Bertz CT molecular complexity index is 1210. The molecule has 2 aromatic carbocycles. The molecular formula is C23H15F3N4O3. The summed E-state index contributed by atoms with van der Waals surface area (Å²) in [4.78, 5) is 0. The standard InChI is InChI=1S/C23H15F3N4O3/c1-14-21(13-29)19(30)33-22(14,16-5-3-2-4-6-16)32-18(20(21,11-27)12-28)15-7-9-17(10-8-15)31-23(24,25)26/h2-10,14,18,30H,1H3. The largest absolute Gasteiger partial charge is 0.573 e. The number of halogens is 3. The third kappa shape index (κ3) is 2.87. The fourth-order valence-corrected chi connectivity index (χ4v) is 4.68. The molecule has 2 aliphatic rings. The van der Waals surface area contributed by atoms with Crippen molar-refractivity contribution < 1.29 is 27.4 Å². The van der Waals surface area contributed by atoms with Crippen LogP contribution in [0.3, 0.4) is 0 Å². The minimum atomic E-state index is -4.90. The molecule has 4 unspecified atom stereocenters. The number of nitriles is 3. The maximum atomic E-state index is 12.6. The van der Waals surface area contributed by atoms with Gasteiger partial charge in [-0.2, -0.15) is 15.8 Å². The van der Waals surface area contributed by atoms with Crippen molar-refractivity contribution in [2.24, 2.45) is 16.7 Å². The van der Waals surface area contributed by atoms with E-state index in [0.717, 1.165) is 12.1 Å². The average Bonchev–Trinajstić information content (AvgIpc) is 2.95. The van der Waals surface area contributed by atoms with Gasteiger partial charge < -0.3 is 14.2 Å². The van der Waals surface area contributed by atoms with E-state index in [2.05, 4.69) is 4.74 Å². The molecule has 2 heterocycles. The van der Waals surface area contributed by atoms with Gasteiger partial charge in [-0.25, -0.2) is 0 Å². The molecule has 10 heteroatoms. The Morgan fingerprint density at radius 3 is 2.09 bits per heavy atom. The van der Waals surface area contributed by atoms with Gasteiger partial charge in [-0.05, 0) is 17.7 Å². The van der Waals surface area contributed by atoms with Crippen molar-refractivity contribution in [1.29, 1.82) is 21.2 Å². The normalized spacial score (nSPS) is 29.8. The minimum Gasteiger partial charge on any atom is -0.443 e. The molecule has 2 aromatic rings. The van der Waals surface area contributed by atoms with Gasteiger partial charge in [0.05, 0.1) is 24.1 Å². The molecule has 0 radical (unpaired) electrons. The van der Waals surface area contributed by atoms with Crippen LogP contribution in [0.5, 0.6) is 5.75 Å². The molecule has 33 heavy (non-hydrogen) atoms. The molecule has 4 rings (SSSR count). The van der Waals surface area contributed by atoms with Crippen molar-refractivity contribution in [3.05, 3.63) is 65.7 Å². The Hall–Kier alpha value is -4.07. The Balaban J connectivity index is 1.92. The first-order chi connectivity index (χ1) is 15.6. The fraction of sp³-hybridized carbons (Fsp3) is 0.304. The summed E-state index contributed by atoms with van der Waals surface area (Å²) in [5, 5.41) is 39.1. The second kappa shape index (κ2) is 7.23. The first-order valence-electron chi connectivity index (χ1n) is 9.71. The van der Waals surface area contributed by atoms with E-state index in [1.54, 1.807) is 37.3 Å². The Kier molecular flexibility index (Phi) is 4.85. The summed E-state index contributed by atoms with van der Waals surface area (Å²) in [6, 6.07) is 18.7. The quantitative estimate of drug-likeness (QED) is 0.720. The molecule has 2 saturated heterocycles. The van der Waals surface area contributed by atoms with Crippen LogP contribution < -0.4 is 4.74 Å². The van der Waals surface area contributed by atoms with Gasteiger partial charge >= 0.3 is 6.36 Å². The summed E-state index contributed by atoms with van der Waals surface area (Å²) >= 11 is 0. The van der Waals surface area contributed by atoms with Gasteiger partial charge in [0.25, 0.3) is 0 Å². The highest BCUT2D eigenvalue weighted by atomic mass is 19.4. The minimum absolute atomic E-state index is 0.151. The van der Waals surface area contributed by atoms with Crippen molar-refractivity contribution in [3.63, 3.8) is 0 Å². The maximum absolute atomic E-state index is 12.6. The van der Waals surface area contributed by atoms with Gasteiger partial charge in [0, 0.05) is 5.56 Å². The summed E-state index contributed by atoms with van der Waals surface area (Å²) in [7, 11) is 0. The van der Waals surface area contributed by atoms with Crippen molar-refractivity contribution in [2.45, 2.75) is 25.2 Å². The monoisotopic (exact) mass is 452 g/mol. The van der Waals surface area contributed by atoms with Crippen molar-refractivity contribution in [3.8, 4) is 24.0 Å². The van der Waals surface area contributed by atoms with Crippen LogP contribution in [0.15, 0.2) is 54.6 Å². The molecule has 2 bridgehead atoms. The molecule has 4 atom stereocenters. The number of hydrogen-bond acceptors (Lipinski definition) is 7. The highest BCUT2D eigenvalue weighted by Crippen LogP contribution is 2.68. The zero-order chi connectivity index (χ0) is 24.1. The van der Waals surface area contributed by atoms with Gasteiger partial charge in [-0.3, -0.25) is 5.41 Å². The highest BCUT2D eigenvalue weighted by Gasteiger charge is 2.79. The molecule has 1 N–H and O–H groups in total. The Morgan fingerprint density at radius 1 is 0.970 bits per heavy atom. The van der Waals surface area contributed by atoms with Crippen LogP contribution in [0, 0.1) is 56.2 Å². The van der Waals surface area contributed by atoms with Gasteiger partial charge in [-0.15, -0.1) is 13.2 Å². The van der Waals surface area contributed by atoms with E-state index in [1.165, 1.54) is 12.1 Å². The average molecular weight is 452 g/mol. The van der Waals surface area contributed by atoms with Gasteiger partial charge in [0.15, 0.2) is 5.41 Å². The van der Waals surface area contributed by atoms with Crippen LogP contribution in [-0.2, 0) is 15.3 Å². The number of alkyl halides is 3. The van der Waals surface area contributed by atoms with E-state index in [4.69, 9.17) is 14.9 Å². The van der Waals surface area contributed by atoms with Crippen LogP contribution in [-0.4, -0.2) is 12.3 Å². The molecule has 2 aliphatic heterocycles. The zero-order valence-corrected chi connectivity index (χ0v) is 17.1. The van der Waals surface area contributed by atoms with Crippen LogP contribution >= 0.6 is 0 Å². The number of benzene rings is 2. The fourth-order valence-electron chi connectivity index (χ4n) is 4.68. The number of nitrogens with zero attached hydrogens (tertiary/aromatic N) is 3. The number of ether oxygens (including phenoxy) is 3. The summed E-state index contributed by atoms with van der Waals surface area (Å²) in [5.74, 6) is -3.69. The molecule has 7 nitrogen and oxygen atoms in total. The summed E-state index contributed by atoms with van der Waals surface area (Å²) in [5.41, 5.74) is -3.61. The molecular weight excluding hydrogens is 437 g/mol. The molecule has 2 fully saturated rings. The van der Waals surface area contributed by atoms with Crippen molar-refractivity contribution in [1.82, 2.24) is 0 Å². The third-order valence-electron chi connectivity index (χ3n) is 6.26. The van der Waals surface area contributed by atoms with Gasteiger partial charge in [-0.1, -0.05) is 49.4 Å². The topological polar surface area (TPSA) is 123 Å². The van der Waals surface area contributed by atoms with E-state index >= 15 is 0 Å². The van der Waals surface area contributed by atoms with E-state index in [-0.39, 0.29) is 5.56 Å². The molecule has 0 saturated carbocycles. The molecule has 0 aromatic heterocycles. The third-order valence-corrected chi connectivity index (χ3v) is 6.26. The number of nitrogens with one attached hydrogen (secondary N) is 1. The second-order valence-electron chi connectivity index (χ2n) is 7.75. The lowest BCUT2D eigenvalue weighted by Crippen LogP contribution is -2.57. The number of rotatable bonds is 3. The van der Waals surface area contributed by atoms with E-state index in [0.29, 0.717) is 5.56 Å². The predicted molar refractivity (Wildman–Crippen MR) is 105 cm³/mol. The van der Waals surface area contributed by atoms with Gasteiger partial charge in [0.2, 0.25) is 17.1 Å². The molecule has 0 aliphatic carbocycles. The summed E-state index contributed by atoms with van der Waals surface area (Å²) in [6.45, 7) is 1.57. The lowest BCUT2D eigenvalue weighted by molar-refractivity contribution is -0.288. The first-order valence-corrected chi connectivity index (χ1v) is 9.71. The SMILES string of the molecule is CC1C2(c3ccccc3)OC(=N)C1(C#N)C(C#N)(C#N)C(c1ccc(OC(F)(F)F)cc1)O2. The first kappa shape index (κ1) is 22.1. The van der Waals surface area contributed by atoms with Crippen LogP contribution in [0.2, 0.25) is 0 Å². The van der Waals surface area contributed by atoms with Crippen LogP contribution in [0.25, 0.3) is 0 Å². The summed E-state index contributed by atoms with van der Waals surface area (Å²) in [6.07, 6.45) is -6.32. The summed E-state index contributed by atoms with van der Waals surface area (Å²) < 4.78 is 53.6. The van der Waals surface area contributed by atoms with E-state index in [1.807, 2.05) is 18.2 Å². The lowest BCUT2D eigenvalue weighted by atomic mass is 9.53. The second-order valence-corrected chi connectivity index (χ2v) is 7.75. The number of hydrogen-bond donors (Lipinski definition) is 1. The molecule has 166 valence electrons. The smallest absolute Gasteiger partial charge is 0.443 e. The maximum Gasteiger partial charge on any atom is 0.573 e. The van der Waals surface area contributed by atoms with Crippen LogP contribution in [0.4, 0.5) is 13.2 Å². The lowest BCUT2D eigenvalue weighted by Gasteiger charge is -2.48. The molecule has 0 amide bonds. The Morgan fingerprint density at radius 2 is 1.58 bits per heavy atom. The van der Waals surface area contributed by atoms with Crippen molar-refractivity contribution >= 4 is 5.90 Å². The van der Waals surface area contributed by atoms with E-state index in [9.17, 15) is 29.0 Å². The predicted octanol–water partition coefficient (Wildman–Crippen LogP) is 4.70. The van der Waals surface area contributed by atoms with Crippen molar-refractivity contribution in [2.75, 3.05) is 0 Å². The number of fused-ring (bicyclic) bond motifs is 2. The Labute approximate surface area is 186 Å². The van der Waals surface area contributed by atoms with Gasteiger partial charge in [0.1, 0.15) is 11.9 Å².